The summed E-state index contributed by atoms with van der Waals surface area (Å²) in [6, 6.07) is 16.5. The SMILES string of the molecule is O=C(NCc1cccc(OCC(F)(F)F)c1)Nc1cccc(COCc2ccco2)c1. The van der Waals surface area contributed by atoms with Crippen molar-refractivity contribution in [2.24, 2.45) is 0 Å². The first-order chi connectivity index (χ1) is 14.9. The predicted octanol–water partition coefficient (Wildman–Crippen LogP) is 5.26. The third-order valence-corrected chi connectivity index (χ3v) is 4.03. The minimum absolute atomic E-state index is 0.0827. The van der Waals surface area contributed by atoms with Gasteiger partial charge in [0.15, 0.2) is 6.61 Å². The lowest BCUT2D eigenvalue weighted by atomic mass is 10.2. The molecule has 3 aromatic rings. The third kappa shape index (κ3) is 8.06. The molecular weight excluding hydrogens is 413 g/mol. The van der Waals surface area contributed by atoms with Gasteiger partial charge in [-0.15, -0.1) is 0 Å². The van der Waals surface area contributed by atoms with Crippen molar-refractivity contribution in [2.75, 3.05) is 11.9 Å². The first kappa shape index (κ1) is 22.2. The molecule has 0 fully saturated rings. The lowest BCUT2D eigenvalue weighted by Crippen LogP contribution is -2.28. The highest BCUT2D eigenvalue weighted by Gasteiger charge is 2.28. The summed E-state index contributed by atoms with van der Waals surface area (Å²) in [4.78, 5) is 12.2. The average molecular weight is 434 g/mol. The third-order valence-electron chi connectivity index (χ3n) is 4.03. The van der Waals surface area contributed by atoms with Crippen molar-refractivity contribution in [1.82, 2.24) is 5.32 Å². The fourth-order valence-electron chi connectivity index (χ4n) is 2.67. The van der Waals surface area contributed by atoms with Gasteiger partial charge in [-0.3, -0.25) is 0 Å². The second-order valence-corrected chi connectivity index (χ2v) is 6.63. The zero-order valence-electron chi connectivity index (χ0n) is 16.4. The van der Waals surface area contributed by atoms with Crippen LogP contribution in [-0.2, 0) is 24.5 Å². The van der Waals surface area contributed by atoms with Crippen LogP contribution >= 0.6 is 0 Å². The maximum Gasteiger partial charge on any atom is 0.422 e. The van der Waals surface area contributed by atoms with E-state index in [1.807, 2.05) is 12.1 Å². The van der Waals surface area contributed by atoms with Crippen LogP contribution in [0.3, 0.4) is 0 Å². The molecule has 0 saturated heterocycles. The minimum atomic E-state index is -4.41. The number of hydrogen-bond donors (Lipinski definition) is 2. The van der Waals surface area contributed by atoms with Crippen LogP contribution in [0, 0.1) is 0 Å². The first-order valence-corrected chi connectivity index (χ1v) is 9.40. The van der Waals surface area contributed by atoms with E-state index in [4.69, 9.17) is 13.9 Å². The highest BCUT2D eigenvalue weighted by atomic mass is 19.4. The predicted molar refractivity (Wildman–Crippen MR) is 107 cm³/mol. The molecule has 2 amide bonds. The van der Waals surface area contributed by atoms with E-state index in [1.54, 1.807) is 42.7 Å². The molecule has 31 heavy (non-hydrogen) atoms. The van der Waals surface area contributed by atoms with Crippen LogP contribution < -0.4 is 15.4 Å². The summed E-state index contributed by atoms with van der Waals surface area (Å²) in [5.74, 6) is 0.806. The summed E-state index contributed by atoms with van der Waals surface area (Å²) in [5.41, 5.74) is 2.06. The monoisotopic (exact) mass is 434 g/mol. The van der Waals surface area contributed by atoms with Gasteiger partial charge in [-0.1, -0.05) is 24.3 Å². The standard InChI is InChI=1S/C22H21F3N2O4/c23-22(24,25)15-31-19-7-2-4-16(11-19)12-26-21(28)27-18-6-1-5-17(10-18)13-29-14-20-8-3-9-30-20/h1-11H,12-15H2,(H2,26,27,28). The summed E-state index contributed by atoms with van der Waals surface area (Å²) >= 11 is 0. The number of rotatable bonds is 9. The van der Waals surface area contributed by atoms with Gasteiger partial charge in [0.05, 0.1) is 12.9 Å². The average Bonchev–Trinajstić information content (AvgIpc) is 3.24. The van der Waals surface area contributed by atoms with Gasteiger partial charge in [-0.05, 0) is 47.5 Å². The number of ether oxygens (including phenoxy) is 2. The summed E-state index contributed by atoms with van der Waals surface area (Å²) < 4.78 is 52.3. The maximum absolute atomic E-state index is 12.3. The van der Waals surface area contributed by atoms with E-state index in [9.17, 15) is 18.0 Å². The van der Waals surface area contributed by atoms with Crippen molar-refractivity contribution < 1.29 is 31.9 Å². The van der Waals surface area contributed by atoms with Crippen molar-refractivity contribution in [1.29, 1.82) is 0 Å². The molecule has 0 bridgehead atoms. The Bertz CT molecular complexity index is 975. The molecule has 0 atom stereocenters. The zero-order valence-corrected chi connectivity index (χ0v) is 16.4. The number of amides is 2. The lowest BCUT2D eigenvalue weighted by molar-refractivity contribution is -0.153. The second kappa shape index (κ2) is 10.5. The summed E-state index contributed by atoms with van der Waals surface area (Å²) in [5, 5.41) is 5.37. The number of carbonyl (C=O) groups is 1. The summed E-state index contributed by atoms with van der Waals surface area (Å²) in [6.07, 6.45) is -2.83. The van der Waals surface area contributed by atoms with E-state index in [1.165, 1.54) is 12.1 Å². The molecule has 0 aliphatic rings. The largest absolute Gasteiger partial charge is 0.484 e. The number of anilines is 1. The van der Waals surface area contributed by atoms with Gasteiger partial charge in [0.25, 0.3) is 0 Å². The normalized spacial score (nSPS) is 11.2. The Balaban J connectivity index is 1.45. The number of alkyl halides is 3. The fourth-order valence-corrected chi connectivity index (χ4v) is 2.67. The molecule has 1 aromatic heterocycles. The number of carbonyl (C=O) groups excluding carboxylic acids is 1. The van der Waals surface area contributed by atoms with Crippen LogP contribution in [0.1, 0.15) is 16.9 Å². The Hall–Kier alpha value is -3.46. The number of benzene rings is 2. The Kier molecular flexibility index (Phi) is 7.55. The molecule has 0 radical (unpaired) electrons. The quantitative estimate of drug-likeness (QED) is 0.482. The van der Waals surface area contributed by atoms with Crippen LogP contribution in [0.4, 0.5) is 23.7 Å². The number of halogens is 3. The van der Waals surface area contributed by atoms with Crippen LogP contribution in [0.25, 0.3) is 0 Å². The second-order valence-electron chi connectivity index (χ2n) is 6.63. The van der Waals surface area contributed by atoms with Gasteiger partial charge in [-0.2, -0.15) is 13.2 Å². The van der Waals surface area contributed by atoms with Crippen molar-refractivity contribution in [3.63, 3.8) is 0 Å². The molecule has 2 N–H and O–H groups in total. The summed E-state index contributed by atoms with van der Waals surface area (Å²) in [7, 11) is 0. The Morgan fingerprint density at radius 3 is 2.55 bits per heavy atom. The van der Waals surface area contributed by atoms with Gasteiger partial charge in [0.2, 0.25) is 0 Å². The van der Waals surface area contributed by atoms with Gasteiger partial charge in [0.1, 0.15) is 18.1 Å². The summed E-state index contributed by atoms with van der Waals surface area (Å²) in [6.45, 7) is -0.549. The van der Waals surface area contributed by atoms with E-state index in [2.05, 4.69) is 10.6 Å². The molecule has 3 rings (SSSR count). The van der Waals surface area contributed by atoms with Crippen molar-refractivity contribution in [3.05, 3.63) is 83.8 Å². The van der Waals surface area contributed by atoms with Gasteiger partial charge in [0, 0.05) is 12.2 Å². The molecular formula is C22H21F3N2O4. The first-order valence-electron chi connectivity index (χ1n) is 9.40. The molecule has 0 spiro atoms. The number of nitrogens with one attached hydrogen (secondary N) is 2. The number of furan rings is 1. The molecule has 1 heterocycles. The molecule has 0 aliphatic carbocycles. The van der Waals surface area contributed by atoms with E-state index < -0.39 is 18.8 Å². The topological polar surface area (TPSA) is 72.7 Å². The van der Waals surface area contributed by atoms with E-state index in [0.29, 0.717) is 24.5 Å². The molecule has 9 heteroatoms. The van der Waals surface area contributed by atoms with Crippen molar-refractivity contribution >= 4 is 11.7 Å². The smallest absolute Gasteiger partial charge is 0.422 e. The van der Waals surface area contributed by atoms with Gasteiger partial charge >= 0.3 is 12.2 Å². The van der Waals surface area contributed by atoms with Crippen LogP contribution in [0.15, 0.2) is 71.3 Å². The highest BCUT2D eigenvalue weighted by molar-refractivity contribution is 5.89. The zero-order chi connectivity index (χ0) is 22.1. The van der Waals surface area contributed by atoms with Crippen LogP contribution in [0.2, 0.25) is 0 Å². The van der Waals surface area contributed by atoms with Gasteiger partial charge < -0.3 is 24.5 Å². The molecule has 0 saturated carbocycles. The van der Waals surface area contributed by atoms with E-state index >= 15 is 0 Å². The highest BCUT2D eigenvalue weighted by Crippen LogP contribution is 2.19. The fraction of sp³-hybridized carbons (Fsp3) is 0.227. The van der Waals surface area contributed by atoms with E-state index in [-0.39, 0.29) is 12.3 Å². The minimum Gasteiger partial charge on any atom is -0.484 e. The molecule has 0 aliphatic heterocycles. The molecule has 2 aromatic carbocycles. The van der Waals surface area contributed by atoms with Crippen molar-refractivity contribution in [3.8, 4) is 5.75 Å². The number of urea groups is 1. The Morgan fingerprint density at radius 1 is 0.968 bits per heavy atom. The van der Waals surface area contributed by atoms with Crippen LogP contribution in [0.5, 0.6) is 5.75 Å². The van der Waals surface area contributed by atoms with E-state index in [0.717, 1.165) is 11.3 Å². The van der Waals surface area contributed by atoms with Crippen molar-refractivity contribution in [2.45, 2.75) is 25.9 Å². The Morgan fingerprint density at radius 2 is 1.77 bits per heavy atom. The Labute approximate surface area is 177 Å². The molecule has 0 unspecified atom stereocenters. The van der Waals surface area contributed by atoms with Gasteiger partial charge in [-0.25, -0.2) is 4.79 Å². The van der Waals surface area contributed by atoms with Crippen LogP contribution in [-0.4, -0.2) is 18.8 Å². The molecule has 164 valence electrons. The number of hydrogen-bond acceptors (Lipinski definition) is 4. The lowest BCUT2D eigenvalue weighted by Gasteiger charge is -2.11. The molecule has 6 nitrogen and oxygen atoms in total. The maximum atomic E-state index is 12.3.